The van der Waals surface area contributed by atoms with Gasteiger partial charge < -0.3 is 15.1 Å². The van der Waals surface area contributed by atoms with E-state index in [1.807, 2.05) is 6.07 Å². The molecule has 1 saturated carbocycles. The number of nitrogens with zero attached hydrogens (tertiary/aromatic N) is 2. The normalized spacial score (nSPS) is 13.3. The van der Waals surface area contributed by atoms with E-state index in [1.54, 1.807) is 36.0 Å². The second kappa shape index (κ2) is 6.62. The number of nitriles is 1. The van der Waals surface area contributed by atoms with Crippen LogP contribution in [0.3, 0.4) is 0 Å². The summed E-state index contributed by atoms with van der Waals surface area (Å²) in [5.41, 5.74) is 0.429. The van der Waals surface area contributed by atoms with Crippen molar-refractivity contribution in [1.82, 2.24) is 15.2 Å². The summed E-state index contributed by atoms with van der Waals surface area (Å²) in [4.78, 5) is 23.9. The second-order valence-corrected chi connectivity index (χ2v) is 5.74. The first-order valence-electron chi connectivity index (χ1n) is 7.84. The molecule has 2 heterocycles. The Balaban J connectivity index is 1.66. The summed E-state index contributed by atoms with van der Waals surface area (Å²) >= 11 is 0. The van der Waals surface area contributed by atoms with Crippen molar-refractivity contribution >= 4 is 11.8 Å². The molecular formula is C17H18N4O3. The molecule has 0 bridgehead atoms. The maximum atomic E-state index is 12.4. The van der Waals surface area contributed by atoms with Gasteiger partial charge in [0.25, 0.3) is 5.91 Å². The molecule has 0 unspecified atom stereocenters. The Morgan fingerprint density at radius 1 is 1.29 bits per heavy atom. The van der Waals surface area contributed by atoms with E-state index in [0.717, 1.165) is 12.8 Å². The summed E-state index contributed by atoms with van der Waals surface area (Å²) in [6.45, 7) is 2.31. The number of furan rings is 1. The smallest absolute Gasteiger partial charge is 0.256 e. The molecule has 1 fully saturated rings. The zero-order chi connectivity index (χ0) is 17.1. The Kier molecular flexibility index (Phi) is 4.38. The quantitative estimate of drug-likeness (QED) is 0.786. The fourth-order valence-corrected chi connectivity index (χ4v) is 2.50. The monoisotopic (exact) mass is 326 g/mol. The van der Waals surface area contributed by atoms with Gasteiger partial charge in [0.05, 0.1) is 0 Å². The van der Waals surface area contributed by atoms with Gasteiger partial charge in [-0.15, -0.1) is 0 Å². The van der Waals surface area contributed by atoms with Crippen LogP contribution in [0.1, 0.15) is 34.5 Å². The first-order chi connectivity index (χ1) is 11.6. The van der Waals surface area contributed by atoms with Crippen molar-refractivity contribution < 1.29 is 14.0 Å². The number of aromatic nitrogens is 1. The van der Waals surface area contributed by atoms with Gasteiger partial charge in [-0.2, -0.15) is 5.26 Å². The van der Waals surface area contributed by atoms with Crippen molar-refractivity contribution in [3.8, 4) is 12.0 Å². The average Bonchev–Trinajstić information content (AvgIpc) is 3.17. The summed E-state index contributed by atoms with van der Waals surface area (Å²) in [5.74, 6) is 0.510. The van der Waals surface area contributed by atoms with Crippen molar-refractivity contribution in [2.45, 2.75) is 19.8 Å². The molecule has 7 nitrogen and oxygen atoms in total. The standard InChI is InChI=1S/C17H18N4O3/c1-11-14(13(10-18)17(24-11)21-8-2-3-9-21)16(23)20-7-6-19-15(22)12-4-5-12/h2-3,8-9,12H,4-7H2,1H3,(H,19,22)(H,20,23). The van der Waals surface area contributed by atoms with E-state index in [4.69, 9.17) is 4.42 Å². The molecule has 2 aromatic rings. The van der Waals surface area contributed by atoms with Crippen LogP contribution in [0.2, 0.25) is 0 Å². The van der Waals surface area contributed by atoms with Crippen molar-refractivity contribution in [1.29, 1.82) is 5.26 Å². The van der Waals surface area contributed by atoms with Gasteiger partial charge in [-0.25, -0.2) is 0 Å². The Morgan fingerprint density at radius 2 is 1.96 bits per heavy atom. The van der Waals surface area contributed by atoms with Crippen LogP contribution in [0.4, 0.5) is 0 Å². The molecule has 0 atom stereocenters. The third-order valence-corrected chi connectivity index (χ3v) is 3.90. The maximum Gasteiger partial charge on any atom is 0.256 e. The molecule has 124 valence electrons. The second-order valence-electron chi connectivity index (χ2n) is 5.74. The van der Waals surface area contributed by atoms with Crippen LogP contribution in [0.25, 0.3) is 5.88 Å². The molecule has 0 aliphatic heterocycles. The predicted molar refractivity (Wildman–Crippen MR) is 85.6 cm³/mol. The zero-order valence-corrected chi connectivity index (χ0v) is 13.3. The van der Waals surface area contributed by atoms with Gasteiger partial charge in [0.15, 0.2) is 0 Å². The molecule has 24 heavy (non-hydrogen) atoms. The van der Waals surface area contributed by atoms with E-state index in [0.29, 0.717) is 24.7 Å². The number of hydrogen-bond donors (Lipinski definition) is 2. The van der Waals surface area contributed by atoms with Crippen LogP contribution >= 0.6 is 0 Å². The van der Waals surface area contributed by atoms with Crippen LogP contribution < -0.4 is 10.6 Å². The zero-order valence-electron chi connectivity index (χ0n) is 13.3. The van der Waals surface area contributed by atoms with Gasteiger partial charge in [0.1, 0.15) is 23.0 Å². The highest BCUT2D eigenvalue weighted by Crippen LogP contribution is 2.28. The third-order valence-electron chi connectivity index (χ3n) is 3.90. The van der Waals surface area contributed by atoms with E-state index in [-0.39, 0.29) is 28.9 Å². The minimum absolute atomic E-state index is 0.0383. The summed E-state index contributed by atoms with van der Waals surface area (Å²) in [5, 5.41) is 14.9. The van der Waals surface area contributed by atoms with Gasteiger partial charge >= 0.3 is 0 Å². The average molecular weight is 326 g/mol. The largest absolute Gasteiger partial charge is 0.443 e. The summed E-state index contributed by atoms with van der Waals surface area (Å²) in [6.07, 6.45) is 5.38. The third kappa shape index (κ3) is 3.18. The topological polar surface area (TPSA) is 100 Å². The van der Waals surface area contributed by atoms with E-state index in [1.165, 1.54) is 0 Å². The van der Waals surface area contributed by atoms with Gasteiger partial charge in [0, 0.05) is 31.4 Å². The molecule has 2 aromatic heterocycles. The lowest BCUT2D eigenvalue weighted by atomic mass is 10.1. The van der Waals surface area contributed by atoms with Gasteiger partial charge in [-0.3, -0.25) is 14.2 Å². The molecule has 3 rings (SSSR count). The molecule has 2 amide bonds. The fraction of sp³-hybridized carbons (Fsp3) is 0.353. The highest BCUT2D eigenvalue weighted by atomic mass is 16.4. The molecular weight excluding hydrogens is 308 g/mol. The van der Waals surface area contributed by atoms with Crippen LogP contribution in [-0.4, -0.2) is 29.5 Å². The SMILES string of the molecule is Cc1oc(-n2cccc2)c(C#N)c1C(=O)NCCNC(=O)C1CC1. The molecule has 0 aromatic carbocycles. The highest BCUT2D eigenvalue weighted by Gasteiger charge is 2.29. The van der Waals surface area contributed by atoms with Crippen LogP contribution in [0, 0.1) is 24.2 Å². The van der Waals surface area contributed by atoms with Crippen molar-refractivity contribution in [3.63, 3.8) is 0 Å². The summed E-state index contributed by atoms with van der Waals surface area (Å²) in [7, 11) is 0. The molecule has 0 spiro atoms. The Morgan fingerprint density at radius 3 is 2.58 bits per heavy atom. The van der Waals surface area contributed by atoms with Crippen molar-refractivity contribution in [2.24, 2.45) is 5.92 Å². The molecule has 1 aliphatic carbocycles. The lowest BCUT2D eigenvalue weighted by molar-refractivity contribution is -0.122. The minimum Gasteiger partial charge on any atom is -0.443 e. The molecule has 7 heteroatoms. The Labute approximate surface area is 139 Å². The Hall–Kier alpha value is -3.01. The predicted octanol–water partition coefficient (Wildman–Crippen LogP) is 1.51. The number of aryl methyl sites for hydroxylation is 1. The van der Waals surface area contributed by atoms with E-state index in [9.17, 15) is 14.9 Å². The molecule has 0 radical (unpaired) electrons. The van der Waals surface area contributed by atoms with Crippen LogP contribution in [0.15, 0.2) is 28.9 Å². The van der Waals surface area contributed by atoms with Crippen LogP contribution in [-0.2, 0) is 4.79 Å². The van der Waals surface area contributed by atoms with Gasteiger partial charge in [-0.1, -0.05) is 0 Å². The molecule has 0 saturated heterocycles. The molecule has 1 aliphatic rings. The fourth-order valence-electron chi connectivity index (χ4n) is 2.50. The van der Waals surface area contributed by atoms with Crippen molar-refractivity contribution in [3.05, 3.63) is 41.4 Å². The Bertz CT molecular complexity index is 795. The number of rotatable bonds is 6. The highest BCUT2D eigenvalue weighted by molar-refractivity contribution is 5.98. The van der Waals surface area contributed by atoms with Crippen molar-refractivity contribution in [2.75, 3.05) is 13.1 Å². The van der Waals surface area contributed by atoms with E-state index in [2.05, 4.69) is 10.6 Å². The maximum absolute atomic E-state index is 12.4. The van der Waals surface area contributed by atoms with E-state index < -0.39 is 0 Å². The van der Waals surface area contributed by atoms with Gasteiger partial charge in [0.2, 0.25) is 11.8 Å². The number of nitrogens with one attached hydrogen (secondary N) is 2. The first-order valence-corrected chi connectivity index (χ1v) is 7.84. The number of amides is 2. The summed E-state index contributed by atoms with van der Waals surface area (Å²) < 4.78 is 7.25. The number of hydrogen-bond acceptors (Lipinski definition) is 4. The minimum atomic E-state index is -0.383. The lowest BCUT2D eigenvalue weighted by Gasteiger charge is -2.06. The number of carbonyl (C=O) groups is 2. The molecule has 2 N–H and O–H groups in total. The van der Waals surface area contributed by atoms with Crippen LogP contribution in [0.5, 0.6) is 0 Å². The first kappa shape index (κ1) is 15.9. The number of carbonyl (C=O) groups excluding carboxylic acids is 2. The van der Waals surface area contributed by atoms with E-state index >= 15 is 0 Å². The van der Waals surface area contributed by atoms with Gasteiger partial charge in [-0.05, 0) is 31.9 Å². The lowest BCUT2D eigenvalue weighted by Crippen LogP contribution is -2.35. The summed E-state index contributed by atoms with van der Waals surface area (Å²) in [6, 6.07) is 5.65.